The average molecular weight is 200 g/mol. The summed E-state index contributed by atoms with van der Waals surface area (Å²) in [7, 11) is 0. The Morgan fingerprint density at radius 2 is 1.67 bits per heavy atom. The van der Waals surface area contributed by atoms with Gasteiger partial charge in [0, 0.05) is 19.8 Å². The van der Waals surface area contributed by atoms with Gasteiger partial charge in [-0.05, 0) is 13.8 Å². The van der Waals surface area contributed by atoms with Gasteiger partial charge in [-0.1, -0.05) is 0 Å². The Morgan fingerprint density at radius 3 is 1.92 bits per heavy atom. The second-order valence-electron chi connectivity index (χ2n) is 2.08. The first-order valence-corrected chi connectivity index (χ1v) is 3.87. The van der Waals surface area contributed by atoms with Crippen LogP contribution < -0.4 is 5.73 Å². The van der Waals surface area contributed by atoms with Crippen LogP contribution in [0, 0.1) is 0 Å². The molecule has 1 unspecified atom stereocenters. The van der Waals surface area contributed by atoms with Gasteiger partial charge in [-0.25, -0.2) is 0 Å². The topological polar surface area (TPSA) is 64.7 Å². The van der Waals surface area contributed by atoms with Gasteiger partial charge in [0.15, 0.2) is 6.29 Å². The molecule has 0 saturated carbocycles. The second-order valence-corrected chi connectivity index (χ2v) is 2.08. The molecule has 0 aromatic carbocycles. The molecule has 0 fully saturated rings. The predicted octanol–water partition coefficient (Wildman–Crippen LogP) is 0.127. The van der Waals surface area contributed by atoms with E-state index < -0.39 is 12.4 Å². The smallest absolute Gasteiger partial charge is 0.184 e. The van der Waals surface area contributed by atoms with E-state index >= 15 is 0 Å². The third-order valence-electron chi connectivity index (χ3n) is 1.22. The molecule has 3 N–H and O–H groups in total. The van der Waals surface area contributed by atoms with Crippen molar-refractivity contribution in [2.45, 2.75) is 26.2 Å². The molecule has 12 heavy (non-hydrogen) atoms. The fraction of sp³-hybridized carbons (Fsp3) is 1.00. The van der Waals surface area contributed by atoms with Gasteiger partial charge in [-0.2, -0.15) is 0 Å². The monoisotopic (exact) mass is 199 g/mol. The summed E-state index contributed by atoms with van der Waals surface area (Å²) < 4.78 is 10.2. The van der Waals surface area contributed by atoms with Crippen molar-refractivity contribution >= 4 is 12.4 Å². The fourth-order valence-electron chi connectivity index (χ4n) is 0.710. The summed E-state index contributed by atoms with van der Waals surface area (Å²) in [5.41, 5.74) is 5.22. The highest BCUT2D eigenvalue weighted by Gasteiger charge is 2.17. The van der Waals surface area contributed by atoms with E-state index in [0.29, 0.717) is 13.2 Å². The number of rotatable bonds is 6. The minimum atomic E-state index is -0.727. The van der Waals surface area contributed by atoms with Crippen LogP contribution in [0.3, 0.4) is 0 Å². The quantitative estimate of drug-likeness (QED) is 0.597. The van der Waals surface area contributed by atoms with Crippen molar-refractivity contribution in [3.63, 3.8) is 0 Å². The third-order valence-corrected chi connectivity index (χ3v) is 1.22. The van der Waals surface area contributed by atoms with Crippen molar-refractivity contribution < 1.29 is 14.6 Å². The maximum absolute atomic E-state index is 9.20. The molecule has 0 heterocycles. The lowest BCUT2D eigenvalue weighted by atomic mass is 10.3. The molecule has 0 amide bonds. The highest BCUT2D eigenvalue weighted by molar-refractivity contribution is 5.85. The van der Waals surface area contributed by atoms with Crippen LogP contribution in [0.2, 0.25) is 0 Å². The van der Waals surface area contributed by atoms with E-state index in [4.69, 9.17) is 15.2 Å². The normalized spacial score (nSPS) is 12.8. The van der Waals surface area contributed by atoms with Gasteiger partial charge >= 0.3 is 0 Å². The van der Waals surface area contributed by atoms with E-state index in [1.54, 1.807) is 0 Å². The number of ether oxygens (including phenoxy) is 2. The largest absolute Gasteiger partial charge is 0.386 e. The summed E-state index contributed by atoms with van der Waals surface area (Å²) in [5, 5.41) is 9.20. The Balaban J connectivity index is 0. The van der Waals surface area contributed by atoms with Crippen molar-refractivity contribution in [1.82, 2.24) is 0 Å². The number of hydrogen-bond donors (Lipinski definition) is 2. The van der Waals surface area contributed by atoms with Gasteiger partial charge in [0.25, 0.3) is 0 Å². The SMILES string of the molecule is CCOC(OCC)C(O)CN.Cl. The van der Waals surface area contributed by atoms with Crippen LogP contribution in [0.4, 0.5) is 0 Å². The molecule has 0 aliphatic carbocycles. The Labute approximate surface area is 79.4 Å². The van der Waals surface area contributed by atoms with Gasteiger partial charge in [0.1, 0.15) is 6.10 Å². The number of hydrogen-bond acceptors (Lipinski definition) is 4. The highest BCUT2D eigenvalue weighted by atomic mass is 35.5. The molecule has 0 radical (unpaired) electrons. The summed E-state index contributed by atoms with van der Waals surface area (Å²) in [6.45, 7) is 4.87. The Morgan fingerprint density at radius 1 is 1.25 bits per heavy atom. The summed E-state index contributed by atoms with van der Waals surface area (Å²) >= 11 is 0. The van der Waals surface area contributed by atoms with Crippen molar-refractivity contribution in [2.24, 2.45) is 5.73 Å². The average Bonchev–Trinajstić information content (AvgIpc) is 2.03. The van der Waals surface area contributed by atoms with E-state index in [1.807, 2.05) is 13.8 Å². The lowest BCUT2D eigenvalue weighted by molar-refractivity contribution is -0.186. The molecule has 0 spiro atoms. The van der Waals surface area contributed by atoms with Crippen LogP contribution in [0.5, 0.6) is 0 Å². The van der Waals surface area contributed by atoms with E-state index in [2.05, 4.69) is 0 Å². The maximum Gasteiger partial charge on any atom is 0.184 e. The van der Waals surface area contributed by atoms with Crippen molar-refractivity contribution in [3.8, 4) is 0 Å². The van der Waals surface area contributed by atoms with Crippen molar-refractivity contribution in [3.05, 3.63) is 0 Å². The predicted molar refractivity (Wildman–Crippen MR) is 49.3 cm³/mol. The second kappa shape index (κ2) is 9.22. The van der Waals surface area contributed by atoms with E-state index in [1.165, 1.54) is 0 Å². The summed E-state index contributed by atoms with van der Waals surface area (Å²) in [6.07, 6.45) is -1.30. The fourth-order valence-corrected chi connectivity index (χ4v) is 0.710. The molecule has 76 valence electrons. The summed E-state index contributed by atoms with van der Waals surface area (Å²) in [5.74, 6) is 0. The lowest BCUT2D eigenvalue weighted by Gasteiger charge is -2.20. The Hall–Kier alpha value is 0.130. The molecular formula is C7H18ClNO3. The molecule has 0 aliphatic rings. The van der Waals surface area contributed by atoms with Crippen molar-refractivity contribution in [2.75, 3.05) is 19.8 Å². The first-order chi connectivity index (χ1) is 5.26. The molecule has 5 heteroatoms. The zero-order chi connectivity index (χ0) is 8.69. The zero-order valence-corrected chi connectivity index (χ0v) is 8.34. The van der Waals surface area contributed by atoms with E-state index in [-0.39, 0.29) is 19.0 Å². The van der Waals surface area contributed by atoms with Crippen LogP contribution >= 0.6 is 12.4 Å². The van der Waals surface area contributed by atoms with E-state index in [0.717, 1.165) is 0 Å². The Bertz CT molecular complexity index is 88.7. The third kappa shape index (κ3) is 5.74. The van der Waals surface area contributed by atoms with Gasteiger partial charge < -0.3 is 20.3 Å². The Kier molecular flexibility index (Phi) is 11.3. The maximum atomic E-state index is 9.20. The molecular weight excluding hydrogens is 182 g/mol. The summed E-state index contributed by atoms with van der Waals surface area (Å²) in [6, 6.07) is 0. The number of aliphatic hydroxyl groups is 1. The number of aliphatic hydroxyl groups excluding tert-OH is 1. The van der Waals surface area contributed by atoms with Gasteiger partial charge in [0.05, 0.1) is 0 Å². The van der Waals surface area contributed by atoms with Crippen LogP contribution in [0.15, 0.2) is 0 Å². The number of halogens is 1. The first kappa shape index (κ1) is 14.6. The molecule has 4 nitrogen and oxygen atoms in total. The van der Waals surface area contributed by atoms with Gasteiger partial charge in [0.2, 0.25) is 0 Å². The molecule has 0 aliphatic heterocycles. The molecule has 0 aromatic rings. The van der Waals surface area contributed by atoms with Crippen LogP contribution in [0.1, 0.15) is 13.8 Å². The van der Waals surface area contributed by atoms with Gasteiger partial charge in [-0.15, -0.1) is 12.4 Å². The van der Waals surface area contributed by atoms with Crippen LogP contribution in [-0.4, -0.2) is 37.3 Å². The molecule has 1 atom stereocenters. The van der Waals surface area contributed by atoms with Gasteiger partial charge in [-0.3, -0.25) is 0 Å². The first-order valence-electron chi connectivity index (χ1n) is 3.87. The standard InChI is InChI=1S/C7H17NO3.ClH/c1-3-10-7(11-4-2)6(9)5-8;/h6-7,9H,3-5,8H2,1-2H3;1H. The minimum absolute atomic E-state index is 0. The van der Waals surface area contributed by atoms with Crippen molar-refractivity contribution in [1.29, 1.82) is 0 Å². The lowest BCUT2D eigenvalue weighted by Crippen LogP contribution is -2.37. The molecule has 0 bridgehead atoms. The number of nitrogens with two attached hydrogens (primary N) is 1. The van der Waals surface area contributed by atoms with Crippen LogP contribution in [-0.2, 0) is 9.47 Å². The van der Waals surface area contributed by atoms with E-state index in [9.17, 15) is 5.11 Å². The molecule has 0 rings (SSSR count). The van der Waals surface area contributed by atoms with Crippen LogP contribution in [0.25, 0.3) is 0 Å². The highest BCUT2D eigenvalue weighted by Crippen LogP contribution is 2.00. The minimum Gasteiger partial charge on any atom is -0.386 e. The summed E-state index contributed by atoms with van der Waals surface area (Å²) in [4.78, 5) is 0. The zero-order valence-electron chi connectivity index (χ0n) is 7.53. The molecule has 0 saturated heterocycles. The molecule has 0 aromatic heterocycles.